The molecule has 2 aromatic carbocycles. The molecule has 1 atom stereocenters. The first-order valence-corrected chi connectivity index (χ1v) is 8.28. The molecule has 1 N–H and O–H groups in total. The minimum Gasteiger partial charge on any atom is -0.334 e. The van der Waals surface area contributed by atoms with Crippen molar-refractivity contribution in [2.75, 3.05) is 13.1 Å². The average Bonchev–Trinajstić information content (AvgIpc) is 3.07. The number of hydrogen-bond acceptors (Lipinski definition) is 2. The summed E-state index contributed by atoms with van der Waals surface area (Å²) in [5.74, 6) is -0.0261. The van der Waals surface area contributed by atoms with Gasteiger partial charge in [0.25, 0.3) is 0 Å². The Hall–Kier alpha value is -1.94. The molecule has 23 heavy (non-hydrogen) atoms. The van der Waals surface area contributed by atoms with Crippen molar-refractivity contribution < 1.29 is 9.18 Å². The molecule has 0 spiro atoms. The molecule has 0 unspecified atom stereocenters. The number of nitrogens with one attached hydrogen (secondary N) is 1. The molecule has 0 aromatic heterocycles. The normalized spacial score (nSPS) is 17.6. The van der Waals surface area contributed by atoms with E-state index in [-0.39, 0.29) is 17.8 Å². The minimum absolute atomic E-state index is 0.192. The second-order valence-electron chi connectivity index (χ2n) is 6.24. The van der Waals surface area contributed by atoms with E-state index in [0.29, 0.717) is 13.0 Å². The van der Waals surface area contributed by atoms with Gasteiger partial charge in [-0.3, -0.25) is 4.79 Å². The smallest absolute Gasteiger partial charge is 0.222 e. The van der Waals surface area contributed by atoms with Gasteiger partial charge in [-0.1, -0.05) is 25.1 Å². The molecule has 1 heterocycles. The van der Waals surface area contributed by atoms with E-state index in [1.54, 1.807) is 6.07 Å². The van der Waals surface area contributed by atoms with E-state index in [1.165, 1.54) is 6.07 Å². The number of halogens is 1. The van der Waals surface area contributed by atoms with Crippen LogP contribution in [0, 0.1) is 12.7 Å². The predicted molar refractivity (Wildman–Crippen MR) is 90.8 cm³/mol. The van der Waals surface area contributed by atoms with E-state index in [9.17, 15) is 9.18 Å². The van der Waals surface area contributed by atoms with E-state index in [4.69, 9.17) is 0 Å². The minimum atomic E-state index is -0.218. The zero-order chi connectivity index (χ0) is 16.4. The average molecular weight is 314 g/mol. The second-order valence-corrected chi connectivity index (χ2v) is 6.24. The molecule has 122 valence electrons. The Morgan fingerprint density at radius 1 is 1.35 bits per heavy atom. The van der Waals surface area contributed by atoms with Crippen molar-refractivity contribution in [3.05, 3.63) is 47.3 Å². The van der Waals surface area contributed by atoms with Crippen molar-refractivity contribution in [1.82, 2.24) is 10.2 Å². The van der Waals surface area contributed by atoms with Crippen molar-refractivity contribution >= 4 is 16.7 Å². The quantitative estimate of drug-likeness (QED) is 0.938. The maximum Gasteiger partial charge on any atom is 0.222 e. The highest BCUT2D eigenvalue weighted by atomic mass is 19.1. The van der Waals surface area contributed by atoms with Crippen LogP contribution < -0.4 is 5.32 Å². The summed E-state index contributed by atoms with van der Waals surface area (Å²) < 4.78 is 13.4. The predicted octanol–water partition coefficient (Wildman–Crippen LogP) is 3.39. The Labute approximate surface area is 136 Å². The van der Waals surface area contributed by atoms with Crippen molar-refractivity contribution in [2.24, 2.45) is 0 Å². The van der Waals surface area contributed by atoms with Gasteiger partial charge in [0.15, 0.2) is 0 Å². The molecular weight excluding hydrogens is 291 g/mol. The molecule has 4 heteroatoms. The zero-order valence-corrected chi connectivity index (χ0v) is 13.7. The topological polar surface area (TPSA) is 32.3 Å². The van der Waals surface area contributed by atoms with Gasteiger partial charge in [-0.05, 0) is 53.9 Å². The van der Waals surface area contributed by atoms with Crippen molar-refractivity contribution in [3.8, 4) is 0 Å². The molecule has 0 bridgehead atoms. The lowest BCUT2D eigenvalue weighted by atomic mass is 9.99. The monoisotopic (exact) mass is 314 g/mol. The number of benzene rings is 2. The van der Waals surface area contributed by atoms with Gasteiger partial charge in [0.2, 0.25) is 5.91 Å². The van der Waals surface area contributed by atoms with Crippen LogP contribution in [0.4, 0.5) is 4.39 Å². The first kappa shape index (κ1) is 15.9. The number of rotatable bonds is 4. The standard InChI is InChI=1S/C19H23FN2O/c1-3-19(23)22(17-8-9-21-11-17)12-15-5-4-14-10-16(20)6-7-18(14)13(15)2/h4-7,10,17,21H,3,8-9,11-12H2,1-2H3/t17-/m1/s1. The molecule has 1 amide bonds. The lowest BCUT2D eigenvalue weighted by molar-refractivity contribution is -0.133. The largest absolute Gasteiger partial charge is 0.334 e. The van der Waals surface area contributed by atoms with Crippen molar-refractivity contribution in [2.45, 2.75) is 39.3 Å². The van der Waals surface area contributed by atoms with Crippen LogP contribution in [-0.4, -0.2) is 29.9 Å². The SMILES string of the molecule is CCC(=O)N(Cc1ccc2cc(F)ccc2c1C)[C@@H]1CCNC1. The zero-order valence-electron chi connectivity index (χ0n) is 13.7. The van der Waals surface area contributed by atoms with Crippen molar-refractivity contribution in [3.63, 3.8) is 0 Å². The summed E-state index contributed by atoms with van der Waals surface area (Å²) in [5, 5.41) is 5.29. The third-order valence-electron chi connectivity index (χ3n) is 4.80. The molecule has 3 rings (SSSR count). The molecule has 1 fully saturated rings. The fourth-order valence-corrected chi connectivity index (χ4v) is 3.39. The molecule has 2 aromatic rings. The number of aryl methyl sites for hydroxylation is 1. The highest BCUT2D eigenvalue weighted by molar-refractivity contribution is 5.86. The Bertz CT molecular complexity index is 723. The second kappa shape index (κ2) is 6.67. The lowest BCUT2D eigenvalue weighted by Gasteiger charge is -2.29. The Morgan fingerprint density at radius 2 is 2.17 bits per heavy atom. The van der Waals surface area contributed by atoms with Crippen LogP contribution in [0.2, 0.25) is 0 Å². The fourth-order valence-electron chi connectivity index (χ4n) is 3.39. The summed E-state index contributed by atoms with van der Waals surface area (Å²) >= 11 is 0. The van der Waals surface area contributed by atoms with Gasteiger partial charge < -0.3 is 10.2 Å². The van der Waals surface area contributed by atoms with E-state index in [0.717, 1.165) is 41.4 Å². The Balaban J connectivity index is 1.93. The third-order valence-corrected chi connectivity index (χ3v) is 4.80. The highest BCUT2D eigenvalue weighted by Crippen LogP contribution is 2.25. The van der Waals surface area contributed by atoms with Crippen LogP contribution in [0.1, 0.15) is 30.9 Å². The van der Waals surface area contributed by atoms with E-state index >= 15 is 0 Å². The van der Waals surface area contributed by atoms with E-state index in [2.05, 4.69) is 12.2 Å². The lowest BCUT2D eigenvalue weighted by Crippen LogP contribution is -2.40. The van der Waals surface area contributed by atoms with Crippen LogP contribution in [-0.2, 0) is 11.3 Å². The summed E-state index contributed by atoms with van der Waals surface area (Å²) in [4.78, 5) is 14.4. The fraction of sp³-hybridized carbons (Fsp3) is 0.421. The summed E-state index contributed by atoms with van der Waals surface area (Å²) in [6.45, 7) is 6.42. The number of nitrogens with zero attached hydrogens (tertiary/aromatic N) is 1. The first-order chi connectivity index (χ1) is 11.1. The first-order valence-electron chi connectivity index (χ1n) is 8.28. The molecule has 0 aliphatic carbocycles. The number of carbonyl (C=O) groups excluding carboxylic acids is 1. The highest BCUT2D eigenvalue weighted by Gasteiger charge is 2.26. The summed E-state index contributed by atoms with van der Waals surface area (Å²) in [5.41, 5.74) is 2.26. The van der Waals surface area contributed by atoms with Gasteiger partial charge in [-0.2, -0.15) is 0 Å². The number of amides is 1. The van der Waals surface area contributed by atoms with Gasteiger partial charge in [0.05, 0.1) is 0 Å². The summed E-state index contributed by atoms with van der Waals surface area (Å²) in [6, 6.07) is 9.12. The van der Waals surface area contributed by atoms with Gasteiger partial charge >= 0.3 is 0 Å². The van der Waals surface area contributed by atoms with E-state index < -0.39 is 0 Å². The Kier molecular flexibility index (Phi) is 4.62. The van der Waals surface area contributed by atoms with Gasteiger partial charge in [0, 0.05) is 25.6 Å². The number of fused-ring (bicyclic) bond motifs is 1. The van der Waals surface area contributed by atoms with Crippen LogP contribution in [0.5, 0.6) is 0 Å². The van der Waals surface area contributed by atoms with Gasteiger partial charge in [-0.15, -0.1) is 0 Å². The molecular formula is C19H23FN2O. The molecule has 1 aliphatic rings. The van der Waals surface area contributed by atoms with Crippen LogP contribution in [0.3, 0.4) is 0 Å². The van der Waals surface area contributed by atoms with Crippen LogP contribution in [0.15, 0.2) is 30.3 Å². The maximum absolute atomic E-state index is 13.4. The maximum atomic E-state index is 13.4. The summed E-state index contributed by atoms with van der Waals surface area (Å²) in [6.07, 6.45) is 1.53. The summed E-state index contributed by atoms with van der Waals surface area (Å²) in [7, 11) is 0. The van der Waals surface area contributed by atoms with Gasteiger partial charge in [0.1, 0.15) is 5.82 Å². The number of hydrogen-bond donors (Lipinski definition) is 1. The Morgan fingerprint density at radius 3 is 2.87 bits per heavy atom. The molecule has 0 radical (unpaired) electrons. The van der Waals surface area contributed by atoms with Gasteiger partial charge in [-0.25, -0.2) is 4.39 Å². The van der Waals surface area contributed by atoms with Crippen LogP contribution in [0.25, 0.3) is 10.8 Å². The van der Waals surface area contributed by atoms with E-state index in [1.807, 2.05) is 30.0 Å². The van der Waals surface area contributed by atoms with Crippen molar-refractivity contribution in [1.29, 1.82) is 0 Å². The third kappa shape index (κ3) is 3.22. The number of carbonyl (C=O) groups is 1. The molecule has 1 saturated heterocycles. The molecule has 1 aliphatic heterocycles. The molecule has 0 saturated carbocycles. The van der Waals surface area contributed by atoms with Crippen LogP contribution >= 0.6 is 0 Å². The molecule has 3 nitrogen and oxygen atoms in total.